The van der Waals surface area contributed by atoms with Gasteiger partial charge in [-0.15, -0.1) is 0 Å². The van der Waals surface area contributed by atoms with Crippen LogP contribution in [0.4, 0.5) is 0 Å². The van der Waals surface area contributed by atoms with E-state index in [2.05, 4.69) is 15.9 Å². The number of hydrogen-bond donors (Lipinski definition) is 1. The van der Waals surface area contributed by atoms with E-state index in [0.717, 1.165) is 4.47 Å². The van der Waals surface area contributed by atoms with Crippen molar-refractivity contribution in [1.82, 2.24) is 9.47 Å². The highest BCUT2D eigenvalue weighted by Gasteiger charge is 2.21. The summed E-state index contributed by atoms with van der Waals surface area (Å²) in [5.41, 5.74) is 0.634. The first-order valence-electron chi connectivity index (χ1n) is 5.63. The third-order valence-electron chi connectivity index (χ3n) is 2.84. The van der Waals surface area contributed by atoms with Crippen LogP contribution in [0, 0.1) is 0 Å². The van der Waals surface area contributed by atoms with Crippen LogP contribution in [0.15, 0.2) is 16.7 Å². The summed E-state index contributed by atoms with van der Waals surface area (Å²) >= 11 is 3.38. The first kappa shape index (κ1) is 14.3. The SMILES string of the molecule is CC(CO)N(C)C(=O)c1cc(Br)cn1C(C)C. The van der Waals surface area contributed by atoms with Gasteiger partial charge < -0.3 is 14.6 Å². The number of aromatic nitrogens is 1. The number of carbonyl (C=O) groups excluding carboxylic acids is 1. The molecule has 0 spiro atoms. The number of aliphatic hydroxyl groups excluding tert-OH is 1. The van der Waals surface area contributed by atoms with E-state index in [-0.39, 0.29) is 24.6 Å². The number of halogens is 1. The highest BCUT2D eigenvalue weighted by molar-refractivity contribution is 9.10. The van der Waals surface area contributed by atoms with Crippen LogP contribution >= 0.6 is 15.9 Å². The summed E-state index contributed by atoms with van der Waals surface area (Å²) in [7, 11) is 1.70. The van der Waals surface area contributed by atoms with Gasteiger partial charge in [-0.05, 0) is 42.8 Å². The second-order valence-corrected chi connectivity index (χ2v) is 5.41. The Morgan fingerprint density at radius 2 is 2.12 bits per heavy atom. The van der Waals surface area contributed by atoms with Crippen LogP contribution in [0.5, 0.6) is 0 Å². The van der Waals surface area contributed by atoms with Gasteiger partial charge in [0.1, 0.15) is 5.69 Å². The fourth-order valence-corrected chi connectivity index (χ4v) is 1.98. The number of nitrogens with zero attached hydrogens (tertiary/aromatic N) is 2. The molecule has 0 aliphatic carbocycles. The van der Waals surface area contributed by atoms with Crippen molar-refractivity contribution in [2.45, 2.75) is 32.9 Å². The number of amides is 1. The molecule has 0 radical (unpaired) electrons. The molecule has 0 aromatic carbocycles. The van der Waals surface area contributed by atoms with Gasteiger partial charge in [0.15, 0.2) is 0 Å². The topological polar surface area (TPSA) is 45.5 Å². The summed E-state index contributed by atoms with van der Waals surface area (Å²) in [6.45, 7) is 5.83. The lowest BCUT2D eigenvalue weighted by atomic mass is 10.2. The largest absolute Gasteiger partial charge is 0.394 e. The standard InChI is InChI=1S/C12H19BrN2O2/c1-8(2)15-6-10(13)5-11(15)12(17)14(4)9(3)7-16/h5-6,8-9,16H,7H2,1-4H3. The second kappa shape index (κ2) is 5.69. The van der Waals surface area contributed by atoms with Gasteiger partial charge in [0.25, 0.3) is 5.91 Å². The molecule has 0 saturated carbocycles. The van der Waals surface area contributed by atoms with Crippen LogP contribution in [0.2, 0.25) is 0 Å². The van der Waals surface area contributed by atoms with E-state index >= 15 is 0 Å². The predicted molar refractivity (Wildman–Crippen MR) is 71.2 cm³/mol. The lowest BCUT2D eigenvalue weighted by Gasteiger charge is -2.24. The molecule has 0 bridgehead atoms. The molecular formula is C12H19BrN2O2. The average molecular weight is 303 g/mol. The molecule has 1 rings (SSSR count). The molecule has 17 heavy (non-hydrogen) atoms. The quantitative estimate of drug-likeness (QED) is 0.927. The maximum Gasteiger partial charge on any atom is 0.270 e. The molecule has 1 aromatic rings. The van der Waals surface area contributed by atoms with E-state index in [1.165, 1.54) is 0 Å². The van der Waals surface area contributed by atoms with Crippen LogP contribution in [-0.4, -0.2) is 40.2 Å². The number of aliphatic hydroxyl groups is 1. The molecule has 1 amide bonds. The minimum Gasteiger partial charge on any atom is -0.394 e. The molecule has 96 valence electrons. The van der Waals surface area contributed by atoms with E-state index in [9.17, 15) is 4.79 Å². The monoisotopic (exact) mass is 302 g/mol. The van der Waals surface area contributed by atoms with Crippen molar-refractivity contribution in [3.63, 3.8) is 0 Å². The zero-order valence-corrected chi connectivity index (χ0v) is 12.2. The van der Waals surface area contributed by atoms with Crippen molar-refractivity contribution in [2.75, 3.05) is 13.7 Å². The van der Waals surface area contributed by atoms with Crippen molar-refractivity contribution in [2.24, 2.45) is 0 Å². The van der Waals surface area contributed by atoms with Crippen LogP contribution in [0.1, 0.15) is 37.3 Å². The highest BCUT2D eigenvalue weighted by atomic mass is 79.9. The Hall–Kier alpha value is -0.810. The zero-order valence-electron chi connectivity index (χ0n) is 10.6. The van der Waals surface area contributed by atoms with Gasteiger partial charge in [0.05, 0.1) is 12.6 Å². The summed E-state index contributed by atoms with van der Waals surface area (Å²) in [6.07, 6.45) is 1.90. The number of carbonyl (C=O) groups is 1. The van der Waals surface area contributed by atoms with Gasteiger partial charge >= 0.3 is 0 Å². The van der Waals surface area contributed by atoms with Gasteiger partial charge in [-0.3, -0.25) is 4.79 Å². The number of rotatable bonds is 4. The van der Waals surface area contributed by atoms with E-state index in [1.54, 1.807) is 11.9 Å². The Kier molecular flexibility index (Phi) is 4.77. The van der Waals surface area contributed by atoms with Crippen LogP contribution in [-0.2, 0) is 0 Å². The van der Waals surface area contributed by atoms with Gasteiger partial charge in [-0.25, -0.2) is 0 Å². The van der Waals surface area contributed by atoms with E-state index < -0.39 is 0 Å². The summed E-state index contributed by atoms with van der Waals surface area (Å²) < 4.78 is 2.81. The lowest BCUT2D eigenvalue weighted by molar-refractivity contribution is 0.0670. The molecule has 0 aliphatic rings. The molecule has 5 heteroatoms. The highest BCUT2D eigenvalue weighted by Crippen LogP contribution is 2.20. The summed E-state index contributed by atoms with van der Waals surface area (Å²) in [5.74, 6) is -0.0778. The average Bonchev–Trinajstić information content (AvgIpc) is 2.68. The molecule has 1 atom stereocenters. The summed E-state index contributed by atoms with van der Waals surface area (Å²) in [6, 6.07) is 1.85. The van der Waals surface area contributed by atoms with Crippen LogP contribution in [0.25, 0.3) is 0 Å². The lowest BCUT2D eigenvalue weighted by Crippen LogP contribution is -2.38. The molecule has 0 saturated heterocycles. The van der Waals surface area contributed by atoms with E-state index in [0.29, 0.717) is 5.69 Å². The molecule has 1 aromatic heterocycles. The van der Waals surface area contributed by atoms with Crippen molar-refractivity contribution in [1.29, 1.82) is 0 Å². The third kappa shape index (κ3) is 3.10. The third-order valence-corrected chi connectivity index (χ3v) is 3.27. The Morgan fingerprint density at radius 1 is 1.53 bits per heavy atom. The maximum atomic E-state index is 12.3. The molecule has 1 N–H and O–H groups in total. The van der Waals surface area contributed by atoms with Crippen LogP contribution < -0.4 is 0 Å². The Bertz CT molecular complexity index is 401. The fraction of sp³-hybridized carbons (Fsp3) is 0.583. The Morgan fingerprint density at radius 3 is 2.59 bits per heavy atom. The predicted octanol–water partition coefficient (Wildman–Crippen LogP) is 2.28. The molecule has 1 heterocycles. The van der Waals surface area contributed by atoms with Gasteiger partial charge in [0.2, 0.25) is 0 Å². The smallest absolute Gasteiger partial charge is 0.270 e. The van der Waals surface area contributed by atoms with Gasteiger partial charge in [-0.1, -0.05) is 0 Å². The minimum atomic E-state index is -0.184. The van der Waals surface area contributed by atoms with Crippen molar-refractivity contribution in [3.05, 3.63) is 22.4 Å². The Labute approximate surface area is 110 Å². The second-order valence-electron chi connectivity index (χ2n) is 4.49. The molecule has 1 unspecified atom stereocenters. The van der Waals surface area contributed by atoms with Gasteiger partial charge in [-0.2, -0.15) is 0 Å². The normalized spacial score (nSPS) is 12.9. The number of likely N-dealkylation sites (N-methyl/N-ethyl adjacent to an activating group) is 1. The zero-order chi connectivity index (χ0) is 13.2. The van der Waals surface area contributed by atoms with Crippen molar-refractivity contribution in [3.8, 4) is 0 Å². The minimum absolute atomic E-state index is 0.0359. The van der Waals surface area contributed by atoms with E-state index in [4.69, 9.17) is 5.11 Å². The Balaban J connectivity index is 3.03. The number of hydrogen-bond acceptors (Lipinski definition) is 2. The molecular weight excluding hydrogens is 284 g/mol. The fourth-order valence-electron chi connectivity index (χ4n) is 1.55. The van der Waals surface area contributed by atoms with Crippen molar-refractivity contribution >= 4 is 21.8 Å². The molecule has 4 nitrogen and oxygen atoms in total. The molecule has 0 aliphatic heterocycles. The van der Waals surface area contributed by atoms with E-state index in [1.807, 2.05) is 37.6 Å². The van der Waals surface area contributed by atoms with Crippen molar-refractivity contribution < 1.29 is 9.90 Å². The van der Waals surface area contributed by atoms with Crippen LogP contribution in [0.3, 0.4) is 0 Å². The summed E-state index contributed by atoms with van der Waals surface area (Å²) in [4.78, 5) is 13.8. The molecule has 0 fully saturated rings. The summed E-state index contributed by atoms with van der Waals surface area (Å²) in [5, 5.41) is 9.07. The maximum absolute atomic E-state index is 12.3. The first-order valence-corrected chi connectivity index (χ1v) is 6.43. The first-order chi connectivity index (χ1) is 7.88. The van der Waals surface area contributed by atoms with Gasteiger partial charge in [0, 0.05) is 23.8 Å².